The van der Waals surface area contributed by atoms with Crippen molar-refractivity contribution in [3.8, 4) is 5.75 Å². The van der Waals surface area contributed by atoms with Gasteiger partial charge in [0.1, 0.15) is 11.6 Å². The lowest BCUT2D eigenvalue weighted by Gasteiger charge is -2.04. The molecular formula is C18H22N4O3S. The van der Waals surface area contributed by atoms with Crippen LogP contribution in [0.25, 0.3) is 0 Å². The Morgan fingerprint density at radius 1 is 1.27 bits per heavy atom. The minimum atomic E-state index is -0.435. The molecule has 0 saturated heterocycles. The first-order valence-electron chi connectivity index (χ1n) is 8.66. The molecule has 0 atom stereocenters. The van der Waals surface area contributed by atoms with Gasteiger partial charge in [-0.05, 0) is 30.2 Å². The summed E-state index contributed by atoms with van der Waals surface area (Å²) in [6.45, 7) is 0. The predicted octanol–water partition coefficient (Wildman–Crippen LogP) is 2.59. The van der Waals surface area contributed by atoms with E-state index in [1.807, 2.05) is 0 Å². The summed E-state index contributed by atoms with van der Waals surface area (Å²) in [4.78, 5) is 28.4. The fourth-order valence-corrected chi connectivity index (χ4v) is 3.65. The Hall–Kier alpha value is -2.35. The van der Waals surface area contributed by atoms with Crippen LogP contribution in [0.2, 0.25) is 0 Å². The molecule has 0 spiro atoms. The number of methoxy groups -OCH3 is 1. The lowest BCUT2D eigenvalue weighted by Crippen LogP contribution is -2.31. The van der Waals surface area contributed by atoms with Gasteiger partial charge in [0.25, 0.3) is 5.91 Å². The van der Waals surface area contributed by atoms with Crippen LogP contribution in [0.1, 0.15) is 41.9 Å². The Balaban J connectivity index is 1.44. The fraction of sp³-hybridized carbons (Fsp3) is 0.444. The van der Waals surface area contributed by atoms with E-state index in [0.29, 0.717) is 22.4 Å². The number of imide groups is 1. The first kappa shape index (κ1) is 18.4. The van der Waals surface area contributed by atoms with Crippen LogP contribution < -0.4 is 10.1 Å². The number of ether oxygens (including phenoxy) is 1. The summed E-state index contributed by atoms with van der Waals surface area (Å²) in [7, 11) is 1.55. The van der Waals surface area contributed by atoms with Crippen LogP contribution >= 0.6 is 11.8 Å². The quantitative estimate of drug-likeness (QED) is 0.723. The van der Waals surface area contributed by atoms with E-state index in [-0.39, 0.29) is 11.7 Å². The minimum absolute atomic E-state index is 0.0859. The summed E-state index contributed by atoms with van der Waals surface area (Å²) in [5.41, 5.74) is 0.404. The molecule has 0 radical (unpaired) electrons. The number of nitrogens with one attached hydrogen (secondary N) is 2. The number of thioether (sulfide) groups is 1. The molecule has 0 unspecified atom stereocenters. The van der Waals surface area contributed by atoms with Crippen LogP contribution in [0.3, 0.4) is 0 Å². The maximum Gasteiger partial charge on any atom is 0.257 e. The minimum Gasteiger partial charge on any atom is -0.497 e. The Labute approximate surface area is 156 Å². The second-order valence-corrected chi connectivity index (χ2v) is 7.26. The van der Waals surface area contributed by atoms with Crippen LogP contribution in [0.15, 0.2) is 29.4 Å². The van der Waals surface area contributed by atoms with Gasteiger partial charge in [0.05, 0.1) is 12.9 Å². The number of benzene rings is 1. The highest BCUT2D eigenvalue weighted by molar-refractivity contribution is 7.99. The maximum atomic E-state index is 12.0. The molecule has 8 heteroatoms. The average molecular weight is 374 g/mol. The number of amides is 2. The SMILES string of the molecule is COc1ccc(C(=O)NC(=O)CSc2n[nH]c(CC3CCCC3)n2)cc1. The molecule has 1 aliphatic rings. The summed E-state index contributed by atoms with van der Waals surface area (Å²) >= 11 is 1.21. The van der Waals surface area contributed by atoms with Crippen LogP contribution in [0, 0.1) is 5.92 Å². The predicted molar refractivity (Wildman–Crippen MR) is 98.2 cm³/mol. The van der Waals surface area contributed by atoms with Crippen molar-refractivity contribution in [2.75, 3.05) is 12.9 Å². The zero-order valence-corrected chi connectivity index (χ0v) is 15.5. The van der Waals surface area contributed by atoms with Crippen molar-refractivity contribution < 1.29 is 14.3 Å². The molecule has 0 bridgehead atoms. The van der Waals surface area contributed by atoms with Gasteiger partial charge in [-0.1, -0.05) is 37.4 Å². The van der Waals surface area contributed by atoms with E-state index in [4.69, 9.17) is 4.74 Å². The molecule has 0 aliphatic heterocycles. The van der Waals surface area contributed by atoms with E-state index in [0.717, 1.165) is 12.2 Å². The van der Waals surface area contributed by atoms with Crippen LogP contribution in [-0.2, 0) is 11.2 Å². The molecule has 138 valence electrons. The third kappa shape index (κ3) is 5.08. The standard InChI is InChI=1S/C18H22N4O3S/c1-25-14-8-6-13(7-9-14)17(24)20-16(23)11-26-18-19-15(21-22-18)10-12-4-2-3-5-12/h6-9,12H,2-5,10-11H2,1H3,(H,19,21,22)(H,20,23,24). The fourth-order valence-electron chi connectivity index (χ4n) is 3.03. The van der Waals surface area contributed by atoms with E-state index in [2.05, 4.69) is 20.5 Å². The third-order valence-corrected chi connectivity index (χ3v) is 5.25. The Morgan fingerprint density at radius 2 is 2.00 bits per heavy atom. The van der Waals surface area contributed by atoms with Gasteiger partial charge in [-0.25, -0.2) is 4.98 Å². The van der Waals surface area contributed by atoms with E-state index < -0.39 is 5.91 Å². The first-order chi connectivity index (χ1) is 12.6. The van der Waals surface area contributed by atoms with Crippen molar-refractivity contribution in [1.82, 2.24) is 20.5 Å². The highest BCUT2D eigenvalue weighted by Gasteiger charge is 2.18. The van der Waals surface area contributed by atoms with E-state index >= 15 is 0 Å². The molecule has 1 aromatic carbocycles. The number of hydrogen-bond donors (Lipinski definition) is 2. The first-order valence-corrected chi connectivity index (χ1v) is 9.65. The van der Waals surface area contributed by atoms with Gasteiger partial charge in [0, 0.05) is 12.0 Å². The van der Waals surface area contributed by atoms with E-state index in [1.165, 1.54) is 37.4 Å². The topological polar surface area (TPSA) is 97.0 Å². The number of hydrogen-bond acceptors (Lipinski definition) is 6. The van der Waals surface area contributed by atoms with Gasteiger partial charge in [-0.15, -0.1) is 5.10 Å². The average Bonchev–Trinajstić information content (AvgIpc) is 3.32. The number of aromatic amines is 1. The molecule has 2 amide bonds. The molecule has 26 heavy (non-hydrogen) atoms. The van der Waals surface area contributed by atoms with Gasteiger partial charge in [-0.2, -0.15) is 0 Å². The van der Waals surface area contributed by atoms with Crippen LogP contribution in [0.5, 0.6) is 5.75 Å². The number of carbonyl (C=O) groups excluding carboxylic acids is 2. The van der Waals surface area contributed by atoms with E-state index in [1.54, 1.807) is 31.4 Å². The summed E-state index contributed by atoms with van der Waals surface area (Å²) in [5, 5.41) is 9.97. The molecule has 1 aromatic heterocycles. The smallest absolute Gasteiger partial charge is 0.257 e. The van der Waals surface area contributed by atoms with Crippen LogP contribution in [0.4, 0.5) is 0 Å². The van der Waals surface area contributed by atoms with Crippen molar-refractivity contribution in [3.63, 3.8) is 0 Å². The number of carbonyl (C=O) groups is 2. The molecular weight excluding hydrogens is 352 g/mol. The molecule has 3 rings (SSSR count). The van der Waals surface area contributed by atoms with E-state index in [9.17, 15) is 9.59 Å². The van der Waals surface area contributed by atoms with Crippen molar-refractivity contribution in [3.05, 3.63) is 35.7 Å². The maximum absolute atomic E-state index is 12.0. The molecule has 1 heterocycles. The van der Waals surface area contributed by atoms with Crippen molar-refractivity contribution in [2.45, 2.75) is 37.3 Å². The largest absolute Gasteiger partial charge is 0.497 e. The highest BCUT2D eigenvalue weighted by Crippen LogP contribution is 2.27. The lowest BCUT2D eigenvalue weighted by molar-refractivity contribution is -0.117. The van der Waals surface area contributed by atoms with Gasteiger partial charge >= 0.3 is 0 Å². The number of nitrogens with zero attached hydrogens (tertiary/aromatic N) is 2. The zero-order chi connectivity index (χ0) is 18.4. The summed E-state index contributed by atoms with van der Waals surface area (Å²) in [6.07, 6.45) is 6.00. The Morgan fingerprint density at radius 3 is 2.69 bits per heavy atom. The van der Waals surface area contributed by atoms with Crippen molar-refractivity contribution >= 4 is 23.6 Å². The second-order valence-electron chi connectivity index (χ2n) is 6.31. The summed E-state index contributed by atoms with van der Waals surface area (Å²) < 4.78 is 5.04. The zero-order valence-electron chi connectivity index (χ0n) is 14.7. The number of aromatic nitrogens is 3. The molecule has 2 aromatic rings. The van der Waals surface area contributed by atoms with Gasteiger partial charge < -0.3 is 4.74 Å². The van der Waals surface area contributed by atoms with Crippen molar-refractivity contribution in [2.24, 2.45) is 5.92 Å². The van der Waals surface area contributed by atoms with Crippen LogP contribution in [-0.4, -0.2) is 39.9 Å². The van der Waals surface area contributed by atoms with Gasteiger partial charge in [0.15, 0.2) is 0 Å². The van der Waals surface area contributed by atoms with Crippen molar-refractivity contribution in [1.29, 1.82) is 0 Å². The normalized spacial score (nSPS) is 14.3. The Bertz CT molecular complexity index is 754. The summed E-state index contributed by atoms with van der Waals surface area (Å²) in [5.74, 6) is 1.48. The van der Waals surface area contributed by atoms with Gasteiger partial charge in [-0.3, -0.25) is 20.0 Å². The molecule has 7 nitrogen and oxygen atoms in total. The highest BCUT2D eigenvalue weighted by atomic mass is 32.2. The molecule has 2 N–H and O–H groups in total. The summed E-state index contributed by atoms with van der Waals surface area (Å²) in [6, 6.07) is 6.57. The molecule has 1 fully saturated rings. The third-order valence-electron chi connectivity index (χ3n) is 4.41. The number of H-pyrrole nitrogens is 1. The monoisotopic (exact) mass is 374 g/mol. The molecule has 1 saturated carbocycles. The second kappa shape index (κ2) is 8.84. The number of rotatable bonds is 7. The lowest BCUT2D eigenvalue weighted by atomic mass is 10.0. The molecule has 1 aliphatic carbocycles. The van der Waals surface area contributed by atoms with Gasteiger partial charge in [0.2, 0.25) is 11.1 Å². The Kier molecular flexibility index (Phi) is 6.27.